The molecule has 0 unspecified atom stereocenters. The summed E-state index contributed by atoms with van der Waals surface area (Å²) in [7, 11) is 2.74. The number of hydrogen-bond acceptors (Lipinski definition) is 8. The number of nitrogens with zero attached hydrogens (tertiary/aromatic N) is 2. The van der Waals surface area contributed by atoms with Crippen LogP contribution in [0.3, 0.4) is 0 Å². The van der Waals surface area contributed by atoms with E-state index >= 15 is 0 Å². The number of carbonyl (C=O) groups is 1. The highest BCUT2D eigenvalue weighted by atomic mass is 32.1. The van der Waals surface area contributed by atoms with Gasteiger partial charge in [0.1, 0.15) is 11.4 Å². The molecule has 0 aliphatic rings. The number of nitrogens with two attached hydrogens (primary N) is 1. The Balaban J connectivity index is 2.46. The Morgan fingerprint density at radius 2 is 2.00 bits per heavy atom. The molecule has 2 rings (SSSR count). The Kier molecular flexibility index (Phi) is 6.16. The number of rotatable bonds is 8. The van der Waals surface area contributed by atoms with Crippen molar-refractivity contribution in [2.24, 2.45) is 5.73 Å². The Morgan fingerprint density at radius 3 is 2.56 bits per heavy atom. The van der Waals surface area contributed by atoms with Gasteiger partial charge in [-0.3, -0.25) is 4.79 Å². The number of aliphatic hydroxyl groups is 1. The summed E-state index contributed by atoms with van der Waals surface area (Å²) < 4.78 is 10.4. The molecule has 9 heteroatoms. The fourth-order valence-electron chi connectivity index (χ4n) is 2.29. The number of aryl methyl sites for hydroxylation is 1. The zero-order valence-corrected chi connectivity index (χ0v) is 15.1. The molecule has 2 aromatic heterocycles. The highest BCUT2D eigenvalue weighted by molar-refractivity contribution is 7.09. The average molecular weight is 367 g/mol. The van der Waals surface area contributed by atoms with Gasteiger partial charge in [-0.15, -0.1) is 11.3 Å². The summed E-state index contributed by atoms with van der Waals surface area (Å²) >= 11 is 1.41. The second kappa shape index (κ2) is 8.13. The lowest BCUT2D eigenvalue weighted by molar-refractivity contribution is 0.0992. The van der Waals surface area contributed by atoms with Gasteiger partial charge in [-0.2, -0.15) is 0 Å². The number of hydrogen-bond donors (Lipinski definition) is 3. The van der Waals surface area contributed by atoms with Crippen LogP contribution in [0.4, 0.5) is 0 Å². The molecule has 0 saturated carbocycles. The van der Waals surface area contributed by atoms with Crippen LogP contribution in [-0.4, -0.2) is 46.4 Å². The third-order valence-corrected chi connectivity index (χ3v) is 4.59. The number of methoxy groups -OCH3 is 2. The zero-order valence-electron chi connectivity index (χ0n) is 14.3. The average Bonchev–Trinajstić information content (AvgIpc) is 3.07. The first-order valence-electron chi connectivity index (χ1n) is 7.70. The number of pyridine rings is 1. The molecule has 0 aromatic carbocycles. The topological polar surface area (TPSA) is 128 Å². The molecular formula is C16H21N3O5S. The van der Waals surface area contributed by atoms with Gasteiger partial charge in [0, 0.05) is 11.8 Å². The van der Waals surface area contributed by atoms with Gasteiger partial charge in [0.15, 0.2) is 17.2 Å². The minimum absolute atomic E-state index is 0.0303. The van der Waals surface area contributed by atoms with Crippen molar-refractivity contribution in [3.63, 3.8) is 0 Å². The lowest BCUT2D eigenvalue weighted by Crippen LogP contribution is -2.15. The fourth-order valence-corrected chi connectivity index (χ4v) is 3.09. The fraction of sp³-hybridized carbons (Fsp3) is 0.438. The third kappa shape index (κ3) is 3.99. The van der Waals surface area contributed by atoms with Crippen molar-refractivity contribution in [3.05, 3.63) is 16.1 Å². The van der Waals surface area contributed by atoms with Crippen molar-refractivity contribution in [1.29, 1.82) is 0 Å². The van der Waals surface area contributed by atoms with Crippen LogP contribution in [0.2, 0.25) is 0 Å². The summed E-state index contributed by atoms with van der Waals surface area (Å²) in [4.78, 5) is 20.1. The van der Waals surface area contributed by atoms with Gasteiger partial charge in [-0.1, -0.05) is 6.92 Å². The number of aromatic nitrogens is 2. The molecule has 2 heterocycles. The molecule has 0 radical (unpaired) electrons. The zero-order chi connectivity index (χ0) is 18.6. The lowest BCUT2D eigenvalue weighted by Gasteiger charge is -2.14. The van der Waals surface area contributed by atoms with Crippen LogP contribution < -0.4 is 15.2 Å². The summed E-state index contributed by atoms with van der Waals surface area (Å²) in [6.45, 7) is 1.92. The summed E-state index contributed by atoms with van der Waals surface area (Å²) in [6.07, 6.45) is 1.56. The highest BCUT2D eigenvalue weighted by Crippen LogP contribution is 2.44. The molecule has 1 amide bonds. The summed E-state index contributed by atoms with van der Waals surface area (Å²) in [5.74, 6) is -1.23. The molecule has 0 bridgehead atoms. The third-order valence-electron chi connectivity index (χ3n) is 3.68. The van der Waals surface area contributed by atoms with Gasteiger partial charge in [0.25, 0.3) is 5.91 Å². The maximum absolute atomic E-state index is 11.5. The first kappa shape index (κ1) is 18.9. The van der Waals surface area contributed by atoms with Gasteiger partial charge in [-0.05, 0) is 12.8 Å². The van der Waals surface area contributed by atoms with Gasteiger partial charge in [0.05, 0.1) is 25.3 Å². The first-order valence-corrected chi connectivity index (χ1v) is 8.58. The van der Waals surface area contributed by atoms with Crippen LogP contribution in [0.15, 0.2) is 5.38 Å². The van der Waals surface area contributed by atoms with Crippen LogP contribution in [-0.2, 0) is 6.42 Å². The van der Waals surface area contributed by atoms with E-state index in [-0.39, 0.29) is 29.0 Å². The number of amides is 1. The molecule has 2 aromatic rings. The monoisotopic (exact) mass is 367 g/mol. The maximum atomic E-state index is 11.5. The molecule has 0 fully saturated rings. The predicted octanol–water partition coefficient (Wildman–Crippen LogP) is 1.73. The number of ether oxygens (including phenoxy) is 2. The van der Waals surface area contributed by atoms with Crippen LogP contribution in [0.5, 0.6) is 17.2 Å². The van der Waals surface area contributed by atoms with Gasteiger partial charge in [-0.25, -0.2) is 9.97 Å². The van der Waals surface area contributed by atoms with E-state index in [1.165, 1.54) is 25.6 Å². The van der Waals surface area contributed by atoms with Crippen molar-refractivity contribution in [1.82, 2.24) is 9.97 Å². The Labute approximate surface area is 149 Å². The number of primary amides is 1. The van der Waals surface area contributed by atoms with Crippen molar-refractivity contribution in [2.75, 3.05) is 14.2 Å². The highest BCUT2D eigenvalue weighted by Gasteiger charge is 2.26. The van der Waals surface area contributed by atoms with E-state index in [1.807, 2.05) is 6.92 Å². The minimum atomic E-state index is -0.888. The quantitative estimate of drug-likeness (QED) is 0.648. The van der Waals surface area contributed by atoms with Crippen LogP contribution in [0.25, 0.3) is 11.4 Å². The SMILES string of the molecule is CC[C@H](O)CCc1nc(-c2nc(C(N)=O)c(O)c(OC)c2OC)cs1. The molecular weight excluding hydrogens is 346 g/mol. The number of thiazole rings is 1. The molecule has 136 valence electrons. The molecule has 4 N–H and O–H groups in total. The molecule has 8 nitrogen and oxygen atoms in total. The normalized spacial score (nSPS) is 12.0. The second-order valence-corrected chi connectivity index (χ2v) is 6.26. The smallest absolute Gasteiger partial charge is 0.271 e. The minimum Gasteiger partial charge on any atom is -0.503 e. The van der Waals surface area contributed by atoms with Gasteiger partial charge >= 0.3 is 0 Å². The molecule has 0 spiro atoms. The van der Waals surface area contributed by atoms with Crippen molar-refractivity contribution >= 4 is 17.2 Å². The summed E-state index contributed by atoms with van der Waals surface area (Å²) in [5, 5.41) is 22.4. The number of carbonyl (C=O) groups excluding carboxylic acids is 1. The lowest BCUT2D eigenvalue weighted by atomic mass is 10.1. The van der Waals surface area contributed by atoms with E-state index in [4.69, 9.17) is 15.2 Å². The number of aliphatic hydroxyl groups excluding tert-OH is 1. The van der Waals surface area contributed by atoms with Crippen LogP contribution in [0, 0.1) is 0 Å². The van der Waals surface area contributed by atoms with E-state index in [1.54, 1.807) is 5.38 Å². The maximum Gasteiger partial charge on any atom is 0.271 e. The van der Waals surface area contributed by atoms with Gasteiger partial charge < -0.3 is 25.4 Å². The van der Waals surface area contributed by atoms with E-state index < -0.39 is 11.7 Å². The van der Waals surface area contributed by atoms with Crippen molar-refractivity contribution in [2.45, 2.75) is 32.3 Å². The number of aromatic hydroxyl groups is 1. The molecule has 25 heavy (non-hydrogen) atoms. The Morgan fingerprint density at radius 1 is 1.32 bits per heavy atom. The van der Waals surface area contributed by atoms with Crippen molar-refractivity contribution < 1.29 is 24.5 Å². The van der Waals surface area contributed by atoms with E-state index in [0.29, 0.717) is 25.0 Å². The molecule has 0 saturated heterocycles. The summed E-state index contributed by atoms with van der Waals surface area (Å²) in [5.41, 5.74) is 5.69. The predicted molar refractivity (Wildman–Crippen MR) is 93.3 cm³/mol. The van der Waals surface area contributed by atoms with E-state index in [0.717, 1.165) is 5.01 Å². The van der Waals surface area contributed by atoms with Gasteiger partial charge in [0.2, 0.25) is 5.75 Å². The second-order valence-electron chi connectivity index (χ2n) is 5.32. The Hall–Kier alpha value is -2.39. The largest absolute Gasteiger partial charge is 0.503 e. The molecule has 0 aliphatic heterocycles. The molecule has 0 aliphatic carbocycles. The first-order chi connectivity index (χ1) is 11.9. The Bertz CT molecular complexity index is 762. The summed E-state index contributed by atoms with van der Waals surface area (Å²) in [6, 6.07) is 0. The van der Waals surface area contributed by atoms with Crippen LogP contribution in [0.1, 0.15) is 35.3 Å². The van der Waals surface area contributed by atoms with E-state index in [9.17, 15) is 15.0 Å². The molecule has 1 atom stereocenters. The van der Waals surface area contributed by atoms with Crippen LogP contribution >= 0.6 is 11.3 Å². The standard InChI is InChI=1S/C16H21N3O5S/c1-4-8(20)5-6-10-18-9(7-25-10)11-14(23-2)15(24-3)13(21)12(19-11)16(17)22/h7-8,20-21H,4-6H2,1-3H3,(H2,17,22)/t8-/m0/s1. The van der Waals surface area contributed by atoms with E-state index in [2.05, 4.69) is 9.97 Å². The van der Waals surface area contributed by atoms with Crippen molar-refractivity contribution in [3.8, 4) is 28.6 Å².